The van der Waals surface area contributed by atoms with Gasteiger partial charge in [0.05, 0.1) is 26.5 Å². The normalized spacial score (nSPS) is 16.4. The van der Waals surface area contributed by atoms with Crippen LogP contribution >= 0.6 is 0 Å². The molecular formula is C18H21N3O4. The van der Waals surface area contributed by atoms with Gasteiger partial charge >= 0.3 is 6.03 Å². The number of hydrogen-bond donors (Lipinski definition) is 1. The summed E-state index contributed by atoms with van der Waals surface area (Å²) in [6, 6.07) is 8.79. The number of hydrogen-bond acceptors (Lipinski definition) is 5. The van der Waals surface area contributed by atoms with Gasteiger partial charge in [-0.15, -0.1) is 0 Å². The summed E-state index contributed by atoms with van der Waals surface area (Å²) >= 11 is 0. The Morgan fingerprint density at radius 3 is 2.72 bits per heavy atom. The van der Waals surface area contributed by atoms with E-state index in [9.17, 15) is 4.79 Å². The second-order valence-electron chi connectivity index (χ2n) is 5.63. The zero-order valence-corrected chi connectivity index (χ0v) is 14.3. The summed E-state index contributed by atoms with van der Waals surface area (Å²) in [6.45, 7) is 1.16. The molecule has 0 aliphatic carbocycles. The number of rotatable bonds is 5. The molecule has 1 aliphatic heterocycles. The van der Waals surface area contributed by atoms with Gasteiger partial charge in [-0.2, -0.15) is 0 Å². The zero-order valence-electron chi connectivity index (χ0n) is 14.3. The standard InChI is InChI=1S/C18H21N3O4/c1-23-16-5-3-4-15(17(16)24-2)20-18(22)21-11-8-14(12-21)25-13-6-9-19-10-7-13/h3-7,9-10,14H,8,11-12H2,1-2H3,(H,20,22)/t14-/m1/s1. The Bertz CT molecular complexity index is 724. The van der Waals surface area contributed by atoms with E-state index < -0.39 is 0 Å². The monoisotopic (exact) mass is 343 g/mol. The third-order valence-electron chi connectivity index (χ3n) is 4.03. The zero-order chi connectivity index (χ0) is 17.6. The summed E-state index contributed by atoms with van der Waals surface area (Å²) in [4.78, 5) is 18.2. The fourth-order valence-corrected chi connectivity index (χ4v) is 2.80. The number of ether oxygens (including phenoxy) is 3. The van der Waals surface area contributed by atoms with E-state index in [2.05, 4.69) is 10.3 Å². The average Bonchev–Trinajstić information content (AvgIpc) is 3.11. The highest BCUT2D eigenvalue weighted by atomic mass is 16.5. The van der Waals surface area contributed by atoms with Crippen LogP contribution in [0, 0.1) is 0 Å². The molecule has 1 aromatic heterocycles. The molecule has 132 valence electrons. The highest BCUT2D eigenvalue weighted by Crippen LogP contribution is 2.35. The summed E-state index contributed by atoms with van der Waals surface area (Å²) in [5.74, 6) is 1.83. The van der Waals surface area contributed by atoms with E-state index in [0.717, 1.165) is 12.2 Å². The number of nitrogens with one attached hydrogen (secondary N) is 1. The number of pyridine rings is 1. The van der Waals surface area contributed by atoms with Crippen LogP contribution in [0.4, 0.5) is 10.5 Å². The van der Waals surface area contributed by atoms with E-state index in [1.165, 1.54) is 0 Å². The van der Waals surface area contributed by atoms with Crippen molar-refractivity contribution in [3.63, 3.8) is 0 Å². The minimum atomic E-state index is -0.188. The number of anilines is 1. The Hall–Kier alpha value is -2.96. The molecule has 0 spiro atoms. The Labute approximate surface area is 146 Å². The number of benzene rings is 1. The minimum absolute atomic E-state index is 0.0274. The van der Waals surface area contributed by atoms with Gasteiger partial charge < -0.3 is 24.4 Å². The van der Waals surface area contributed by atoms with E-state index in [-0.39, 0.29) is 12.1 Å². The number of amides is 2. The van der Waals surface area contributed by atoms with Gasteiger partial charge in [0.1, 0.15) is 11.9 Å². The number of para-hydroxylation sites is 1. The molecule has 3 rings (SSSR count). The SMILES string of the molecule is COc1cccc(NC(=O)N2CC[C@@H](Oc3ccncc3)C2)c1OC. The summed E-state index contributed by atoms with van der Waals surface area (Å²) in [6.07, 6.45) is 4.12. The number of methoxy groups -OCH3 is 2. The predicted octanol–water partition coefficient (Wildman–Crippen LogP) is 2.78. The smallest absolute Gasteiger partial charge is 0.322 e. The lowest BCUT2D eigenvalue weighted by Gasteiger charge is -2.19. The Morgan fingerprint density at radius 2 is 2.00 bits per heavy atom. The first kappa shape index (κ1) is 16.9. The first-order chi connectivity index (χ1) is 12.2. The predicted molar refractivity (Wildman–Crippen MR) is 93.4 cm³/mol. The number of carbonyl (C=O) groups excluding carboxylic acids is 1. The maximum Gasteiger partial charge on any atom is 0.322 e. The van der Waals surface area contributed by atoms with Crippen molar-refractivity contribution in [2.75, 3.05) is 32.6 Å². The van der Waals surface area contributed by atoms with Crippen molar-refractivity contribution in [1.29, 1.82) is 0 Å². The van der Waals surface area contributed by atoms with Crippen molar-refractivity contribution >= 4 is 11.7 Å². The molecule has 0 saturated carbocycles. The maximum atomic E-state index is 12.5. The van der Waals surface area contributed by atoms with Crippen molar-refractivity contribution in [1.82, 2.24) is 9.88 Å². The molecule has 2 aromatic rings. The number of urea groups is 1. The van der Waals surface area contributed by atoms with Crippen LogP contribution in [0.5, 0.6) is 17.2 Å². The lowest BCUT2D eigenvalue weighted by atomic mass is 10.2. The van der Waals surface area contributed by atoms with Crippen LogP contribution < -0.4 is 19.5 Å². The third kappa shape index (κ3) is 3.93. The quantitative estimate of drug-likeness (QED) is 0.904. The second-order valence-corrected chi connectivity index (χ2v) is 5.63. The van der Waals surface area contributed by atoms with Gasteiger partial charge in [0.25, 0.3) is 0 Å². The first-order valence-corrected chi connectivity index (χ1v) is 8.05. The molecule has 2 amide bonds. The van der Waals surface area contributed by atoms with E-state index >= 15 is 0 Å². The summed E-state index contributed by atoms with van der Waals surface area (Å²) in [5.41, 5.74) is 0.574. The van der Waals surface area contributed by atoms with Crippen molar-refractivity contribution in [3.8, 4) is 17.2 Å². The molecule has 0 unspecified atom stereocenters. The highest BCUT2D eigenvalue weighted by Gasteiger charge is 2.28. The molecular weight excluding hydrogens is 322 g/mol. The molecule has 1 fully saturated rings. The molecule has 1 saturated heterocycles. The van der Waals surface area contributed by atoms with Crippen LogP contribution in [-0.2, 0) is 0 Å². The van der Waals surface area contributed by atoms with E-state index in [0.29, 0.717) is 30.3 Å². The fraction of sp³-hybridized carbons (Fsp3) is 0.333. The highest BCUT2D eigenvalue weighted by molar-refractivity contribution is 5.91. The topological polar surface area (TPSA) is 72.9 Å². The van der Waals surface area contributed by atoms with Gasteiger partial charge in [-0.05, 0) is 24.3 Å². The molecule has 1 aromatic carbocycles. The van der Waals surface area contributed by atoms with Gasteiger partial charge in [-0.25, -0.2) is 4.79 Å². The average molecular weight is 343 g/mol. The Morgan fingerprint density at radius 1 is 1.20 bits per heavy atom. The molecule has 1 N–H and O–H groups in total. The Kier molecular flexibility index (Phi) is 5.23. The van der Waals surface area contributed by atoms with Crippen LogP contribution in [0.3, 0.4) is 0 Å². The number of nitrogens with zero attached hydrogens (tertiary/aromatic N) is 2. The molecule has 0 bridgehead atoms. The molecule has 7 nitrogen and oxygen atoms in total. The molecule has 2 heterocycles. The van der Waals surface area contributed by atoms with Gasteiger partial charge in [0, 0.05) is 25.4 Å². The van der Waals surface area contributed by atoms with Gasteiger partial charge in [-0.3, -0.25) is 4.98 Å². The van der Waals surface area contributed by atoms with Crippen molar-refractivity contribution in [2.45, 2.75) is 12.5 Å². The number of aromatic nitrogens is 1. The van der Waals surface area contributed by atoms with Gasteiger partial charge in [0.15, 0.2) is 11.5 Å². The van der Waals surface area contributed by atoms with E-state index in [1.807, 2.05) is 12.1 Å². The van der Waals surface area contributed by atoms with Crippen LogP contribution in [0.25, 0.3) is 0 Å². The minimum Gasteiger partial charge on any atom is -0.493 e. The maximum absolute atomic E-state index is 12.5. The molecule has 25 heavy (non-hydrogen) atoms. The van der Waals surface area contributed by atoms with Crippen molar-refractivity contribution < 1.29 is 19.0 Å². The van der Waals surface area contributed by atoms with Crippen molar-refractivity contribution in [3.05, 3.63) is 42.7 Å². The van der Waals surface area contributed by atoms with Crippen LogP contribution in [0.1, 0.15) is 6.42 Å². The first-order valence-electron chi connectivity index (χ1n) is 8.05. The molecule has 7 heteroatoms. The van der Waals surface area contributed by atoms with Crippen molar-refractivity contribution in [2.24, 2.45) is 0 Å². The lowest BCUT2D eigenvalue weighted by Crippen LogP contribution is -2.34. The number of carbonyl (C=O) groups is 1. The van der Waals surface area contributed by atoms with Crippen LogP contribution in [0.15, 0.2) is 42.7 Å². The Balaban J connectivity index is 1.61. The summed E-state index contributed by atoms with van der Waals surface area (Å²) < 4.78 is 16.5. The molecule has 1 aliphatic rings. The third-order valence-corrected chi connectivity index (χ3v) is 4.03. The number of likely N-dealkylation sites (tertiary alicyclic amines) is 1. The van der Waals surface area contributed by atoms with Gasteiger partial charge in [-0.1, -0.05) is 6.07 Å². The lowest BCUT2D eigenvalue weighted by molar-refractivity contribution is 0.194. The second kappa shape index (κ2) is 7.74. The largest absolute Gasteiger partial charge is 0.493 e. The van der Waals surface area contributed by atoms with Gasteiger partial charge in [0.2, 0.25) is 0 Å². The van der Waals surface area contributed by atoms with E-state index in [1.54, 1.807) is 49.7 Å². The molecule has 1 atom stereocenters. The van der Waals surface area contributed by atoms with Crippen LogP contribution in [-0.4, -0.2) is 49.3 Å². The summed E-state index contributed by atoms with van der Waals surface area (Å²) in [7, 11) is 3.10. The van der Waals surface area contributed by atoms with E-state index in [4.69, 9.17) is 14.2 Å². The fourth-order valence-electron chi connectivity index (χ4n) is 2.80. The van der Waals surface area contributed by atoms with Crippen LogP contribution in [0.2, 0.25) is 0 Å². The summed E-state index contributed by atoms with van der Waals surface area (Å²) in [5, 5.41) is 2.88. The molecule has 0 radical (unpaired) electrons.